The first kappa shape index (κ1) is 16.8. The van der Waals surface area contributed by atoms with E-state index in [9.17, 15) is 4.39 Å². The van der Waals surface area contributed by atoms with Gasteiger partial charge in [0.2, 0.25) is 0 Å². The van der Waals surface area contributed by atoms with Gasteiger partial charge in [-0.2, -0.15) is 0 Å². The second-order valence-corrected chi connectivity index (χ2v) is 4.74. The Morgan fingerprint density at radius 2 is 2.10 bits per heavy atom. The smallest absolute Gasteiger partial charge is 0.135 e. The molecule has 0 unspecified atom stereocenters. The van der Waals surface area contributed by atoms with Crippen molar-refractivity contribution in [1.29, 1.82) is 0 Å². The van der Waals surface area contributed by atoms with Gasteiger partial charge in [-0.1, -0.05) is 12.2 Å². The van der Waals surface area contributed by atoms with Gasteiger partial charge in [0, 0.05) is 31.5 Å². The maximum atomic E-state index is 13.6. The minimum absolute atomic E-state index is 0.0715. The molecule has 1 aromatic carbocycles. The summed E-state index contributed by atoms with van der Waals surface area (Å²) in [6.45, 7) is 2.71. The van der Waals surface area contributed by atoms with Gasteiger partial charge < -0.3 is 20.5 Å². The largest absolute Gasteiger partial charge is 0.389 e. The fourth-order valence-corrected chi connectivity index (χ4v) is 1.80. The van der Waals surface area contributed by atoms with Crippen molar-refractivity contribution in [2.24, 2.45) is 5.73 Å². The second-order valence-electron chi connectivity index (χ2n) is 4.30. The molecule has 0 aromatic heterocycles. The van der Waals surface area contributed by atoms with E-state index in [1.807, 2.05) is 0 Å². The fraction of sp³-hybridized carbons (Fsp3) is 0.500. The summed E-state index contributed by atoms with van der Waals surface area (Å²) in [6, 6.07) is 4.77. The van der Waals surface area contributed by atoms with Crippen molar-refractivity contribution in [2.75, 3.05) is 38.8 Å². The molecule has 0 aliphatic carbocycles. The van der Waals surface area contributed by atoms with Gasteiger partial charge in [-0.3, -0.25) is 0 Å². The van der Waals surface area contributed by atoms with Gasteiger partial charge in [0.05, 0.1) is 13.2 Å². The number of hydrogen-bond donors (Lipinski definition) is 2. The maximum Gasteiger partial charge on any atom is 0.135 e. The number of hydrogen-bond acceptors (Lipinski definition) is 4. The summed E-state index contributed by atoms with van der Waals surface area (Å²) in [7, 11) is 1.65. The van der Waals surface area contributed by atoms with Crippen molar-refractivity contribution in [1.82, 2.24) is 0 Å². The second kappa shape index (κ2) is 9.63. The Kier molecular flexibility index (Phi) is 8.10. The number of benzene rings is 1. The third kappa shape index (κ3) is 6.27. The van der Waals surface area contributed by atoms with Crippen molar-refractivity contribution >= 4 is 22.9 Å². The molecule has 0 heterocycles. The molecule has 112 valence electrons. The minimum Gasteiger partial charge on any atom is -0.389 e. The maximum absolute atomic E-state index is 13.6. The van der Waals surface area contributed by atoms with Crippen molar-refractivity contribution in [3.8, 4) is 0 Å². The Morgan fingerprint density at radius 3 is 2.75 bits per heavy atom. The Labute approximate surface area is 124 Å². The molecule has 0 fully saturated rings. The van der Waals surface area contributed by atoms with Gasteiger partial charge in [0.1, 0.15) is 10.8 Å². The molecule has 6 heteroatoms. The predicted octanol–water partition coefficient (Wildman–Crippen LogP) is 2.32. The van der Waals surface area contributed by atoms with Crippen LogP contribution in [-0.4, -0.2) is 38.5 Å². The lowest BCUT2D eigenvalue weighted by Crippen LogP contribution is -2.12. The number of methoxy groups -OCH3 is 1. The van der Waals surface area contributed by atoms with E-state index in [0.29, 0.717) is 19.8 Å². The summed E-state index contributed by atoms with van der Waals surface area (Å²) in [4.78, 5) is 0.0715. The van der Waals surface area contributed by atoms with Crippen LogP contribution in [0.5, 0.6) is 0 Å². The molecule has 4 nitrogen and oxygen atoms in total. The molecule has 0 aliphatic rings. The van der Waals surface area contributed by atoms with Crippen LogP contribution >= 0.6 is 12.2 Å². The van der Waals surface area contributed by atoms with Crippen LogP contribution in [0.15, 0.2) is 18.2 Å². The number of anilines is 1. The van der Waals surface area contributed by atoms with Crippen molar-refractivity contribution in [2.45, 2.75) is 12.8 Å². The average molecular weight is 300 g/mol. The molecule has 0 saturated carbocycles. The molecule has 1 rings (SSSR count). The SMILES string of the molecule is COCCOCCCCNc1ccc(C(N)=S)c(F)c1. The molecular formula is C14H21FN2O2S. The summed E-state index contributed by atoms with van der Waals surface area (Å²) in [6.07, 6.45) is 1.90. The Morgan fingerprint density at radius 1 is 1.30 bits per heavy atom. The van der Waals surface area contributed by atoms with E-state index in [4.69, 9.17) is 27.4 Å². The van der Waals surface area contributed by atoms with Crippen LogP contribution in [0, 0.1) is 5.82 Å². The summed E-state index contributed by atoms with van der Waals surface area (Å²) in [5, 5.41) is 3.15. The first-order valence-electron chi connectivity index (χ1n) is 6.55. The van der Waals surface area contributed by atoms with E-state index < -0.39 is 5.82 Å². The van der Waals surface area contributed by atoms with Crippen LogP contribution in [-0.2, 0) is 9.47 Å². The highest BCUT2D eigenvalue weighted by molar-refractivity contribution is 7.80. The Hall–Kier alpha value is -1.24. The fourth-order valence-electron chi connectivity index (χ4n) is 1.63. The van der Waals surface area contributed by atoms with Crippen molar-refractivity contribution < 1.29 is 13.9 Å². The third-order valence-electron chi connectivity index (χ3n) is 2.71. The average Bonchev–Trinajstić information content (AvgIpc) is 2.41. The van der Waals surface area contributed by atoms with Crippen LogP contribution in [0.4, 0.5) is 10.1 Å². The molecular weight excluding hydrogens is 279 g/mol. The number of nitrogens with one attached hydrogen (secondary N) is 1. The van der Waals surface area contributed by atoms with Crippen LogP contribution in [0.2, 0.25) is 0 Å². The van der Waals surface area contributed by atoms with Crippen LogP contribution in [0.1, 0.15) is 18.4 Å². The van der Waals surface area contributed by atoms with Crippen LogP contribution in [0.3, 0.4) is 0 Å². The van der Waals surface area contributed by atoms with E-state index in [1.54, 1.807) is 19.2 Å². The summed E-state index contributed by atoms with van der Waals surface area (Å²) >= 11 is 4.75. The molecule has 1 aromatic rings. The number of halogens is 1. The van der Waals surface area contributed by atoms with Crippen molar-refractivity contribution in [3.05, 3.63) is 29.6 Å². The molecule has 0 bridgehead atoms. The topological polar surface area (TPSA) is 56.5 Å². The lowest BCUT2D eigenvalue weighted by molar-refractivity contribution is 0.0691. The normalized spacial score (nSPS) is 10.5. The summed E-state index contributed by atoms with van der Waals surface area (Å²) in [5.41, 5.74) is 6.40. The van der Waals surface area contributed by atoms with E-state index in [-0.39, 0.29) is 10.6 Å². The van der Waals surface area contributed by atoms with Crippen LogP contribution in [0.25, 0.3) is 0 Å². The molecule has 0 amide bonds. The highest BCUT2D eigenvalue weighted by Crippen LogP contribution is 2.14. The molecule has 20 heavy (non-hydrogen) atoms. The Balaban J connectivity index is 2.19. The van der Waals surface area contributed by atoms with E-state index in [2.05, 4.69) is 5.32 Å². The van der Waals surface area contributed by atoms with Crippen molar-refractivity contribution in [3.63, 3.8) is 0 Å². The first-order valence-corrected chi connectivity index (χ1v) is 6.96. The first-order chi connectivity index (χ1) is 9.65. The Bertz CT molecular complexity index is 430. The lowest BCUT2D eigenvalue weighted by Gasteiger charge is -2.08. The van der Waals surface area contributed by atoms with Gasteiger partial charge >= 0.3 is 0 Å². The van der Waals surface area contributed by atoms with E-state index in [1.165, 1.54) is 6.07 Å². The van der Waals surface area contributed by atoms with Gasteiger partial charge in [-0.15, -0.1) is 0 Å². The number of thiocarbonyl (C=S) groups is 1. The zero-order valence-electron chi connectivity index (χ0n) is 11.7. The predicted molar refractivity (Wildman–Crippen MR) is 82.7 cm³/mol. The van der Waals surface area contributed by atoms with E-state index >= 15 is 0 Å². The highest BCUT2D eigenvalue weighted by atomic mass is 32.1. The molecule has 3 N–H and O–H groups in total. The van der Waals surface area contributed by atoms with Gasteiger partial charge in [-0.25, -0.2) is 4.39 Å². The monoisotopic (exact) mass is 300 g/mol. The molecule has 0 atom stereocenters. The van der Waals surface area contributed by atoms with Gasteiger partial charge in [-0.05, 0) is 31.0 Å². The molecule has 0 radical (unpaired) electrons. The lowest BCUT2D eigenvalue weighted by atomic mass is 10.2. The molecule has 0 aliphatic heterocycles. The minimum atomic E-state index is -0.398. The summed E-state index contributed by atoms with van der Waals surface area (Å²) in [5.74, 6) is -0.398. The number of unbranched alkanes of at least 4 members (excludes halogenated alkanes) is 1. The number of rotatable bonds is 10. The zero-order chi connectivity index (χ0) is 14.8. The van der Waals surface area contributed by atoms with Gasteiger partial charge in [0.25, 0.3) is 0 Å². The standard InChI is InChI=1S/C14H21FN2O2S/c1-18-8-9-19-7-3-2-6-17-11-4-5-12(14(16)20)13(15)10-11/h4-5,10,17H,2-3,6-9H2,1H3,(H2,16,20). The third-order valence-corrected chi connectivity index (χ3v) is 2.93. The number of nitrogens with two attached hydrogens (primary N) is 1. The number of ether oxygens (including phenoxy) is 2. The summed E-state index contributed by atoms with van der Waals surface area (Å²) < 4.78 is 23.8. The molecule has 0 saturated heterocycles. The highest BCUT2D eigenvalue weighted by Gasteiger charge is 2.05. The van der Waals surface area contributed by atoms with Gasteiger partial charge in [0.15, 0.2) is 0 Å². The quantitative estimate of drug-likeness (QED) is 0.513. The van der Waals surface area contributed by atoms with Crippen LogP contribution < -0.4 is 11.1 Å². The van der Waals surface area contributed by atoms with E-state index in [0.717, 1.165) is 25.1 Å². The zero-order valence-corrected chi connectivity index (χ0v) is 12.5. The molecule has 0 spiro atoms.